The molecule has 0 aliphatic heterocycles. The zero-order valence-corrected chi connectivity index (χ0v) is 19.1. The van der Waals surface area contributed by atoms with Crippen molar-refractivity contribution in [1.82, 2.24) is 9.97 Å². The van der Waals surface area contributed by atoms with E-state index >= 15 is 0 Å². The largest absolute Gasteiger partial charge is 0.489 e. The minimum absolute atomic E-state index is 0.577. The number of hydrogen-bond acceptors (Lipinski definition) is 3. The van der Waals surface area contributed by atoms with Gasteiger partial charge in [-0.3, -0.25) is 0 Å². The van der Waals surface area contributed by atoms with Gasteiger partial charge in [0.05, 0.1) is 0 Å². The van der Waals surface area contributed by atoms with Crippen molar-refractivity contribution in [3.63, 3.8) is 0 Å². The molecule has 0 fully saturated rings. The van der Waals surface area contributed by atoms with Crippen molar-refractivity contribution in [2.75, 3.05) is 0 Å². The van der Waals surface area contributed by atoms with Crippen molar-refractivity contribution >= 4 is 0 Å². The van der Waals surface area contributed by atoms with Crippen LogP contribution in [-0.2, 0) is 19.4 Å². The third kappa shape index (κ3) is 7.82. The van der Waals surface area contributed by atoms with Crippen LogP contribution in [-0.4, -0.2) is 9.97 Å². The zero-order chi connectivity index (χ0) is 21.7. The highest BCUT2D eigenvalue weighted by Crippen LogP contribution is 2.20. The van der Waals surface area contributed by atoms with Crippen LogP contribution in [0, 0.1) is 0 Å². The fourth-order valence-corrected chi connectivity index (χ4v) is 3.66. The summed E-state index contributed by atoms with van der Waals surface area (Å²) in [6.07, 6.45) is 15.4. The topological polar surface area (TPSA) is 35.0 Å². The molecule has 31 heavy (non-hydrogen) atoms. The molecule has 0 radical (unpaired) electrons. The fourth-order valence-electron chi connectivity index (χ4n) is 3.66. The Hall–Kier alpha value is -2.68. The Kier molecular flexibility index (Phi) is 9.56. The number of nitrogens with zero attached hydrogens (tertiary/aromatic N) is 2. The van der Waals surface area contributed by atoms with E-state index in [4.69, 9.17) is 4.74 Å². The van der Waals surface area contributed by atoms with Gasteiger partial charge in [0.25, 0.3) is 0 Å². The van der Waals surface area contributed by atoms with Crippen molar-refractivity contribution in [2.24, 2.45) is 0 Å². The molecule has 164 valence electrons. The molecule has 2 aromatic carbocycles. The highest BCUT2D eigenvalue weighted by Gasteiger charge is 2.03. The molecule has 3 rings (SSSR count). The molecule has 0 aliphatic rings. The predicted molar refractivity (Wildman–Crippen MR) is 129 cm³/mol. The first-order chi connectivity index (χ1) is 15.3. The molecule has 1 aromatic heterocycles. The second-order valence-corrected chi connectivity index (χ2v) is 8.27. The van der Waals surface area contributed by atoms with Crippen molar-refractivity contribution in [2.45, 2.75) is 78.2 Å². The Balaban J connectivity index is 1.43. The first-order valence-electron chi connectivity index (χ1n) is 11.9. The van der Waals surface area contributed by atoms with Crippen molar-refractivity contribution in [3.05, 3.63) is 77.6 Å². The molecule has 1 heterocycles. The Morgan fingerprint density at radius 1 is 0.645 bits per heavy atom. The van der Waals surface area contributed by atoms with E-state index in [0.717, 1.165) is 30.0 Å². The van der Waals surface area contributed by atoms with Gasteiger partial charge < -0.3 is 4.74 Å². The summed E-state index contributed by atoms with van der Waals surface area (Å²) in [6.45, 7) is 5.01. The van der Waals surface area contributed by atoms with Crippen LogP contribution in [0.3, 0.4) is 0 Å². The number of rotatable bonds is 13. The summed E-state index contributed by atoms with van der Waals surface area (Å²) in [5, 5.41) is 0. The Labute approximate surface area is 187 Å². The molecule has 3 aromatic rings. The van der Waals surface area contributed by atoms with Gasteiger partial charge in [0.2, 0.25) is 0 Å². The van der Waals surface area contributed by atoms with Crippen molar-refractivity contribution in [1.29, 1.82) is 0 Å². The molecule has 0 aliphatic carbocycles. The average Bonchev–Trinajstić information content (AvgIpc) is 2.83. The van der Waals surface area contributed by atoms with Gasteiger partial charge >= 0.3 is 0 Å². The maximum atomic E-state index is 5.92. The van der Waals surface area contributed by atoms with Gasteiger partial charge in [0, 0.05) is 18.0 Å². The summed E-state index contributed by atoms with van der Waals surface area (Å²) in [4.78, 5) is 9.15. The van der Waals surface area contributed by atoms with E-state index in [0.29, 0.717) is 6.61 Å². The lowest BCUT2D eigenvalue weighted by Gasteiger charge is -2.08. The minimum atomic E-state index is 0.577. The normalized spacial score (nSPS) is 10.9. The lowest BCUT2D eigenvalue weighted by molar-refractivity contribution is 0.306. The maximum Gasteiger partial charge on any atom is 0.159 e. The van der Waals surface area contributed by atoms with E-state index in [9.17, 15) is 0 Å². The molecule has 0 amide bonds. The Bertz CT molecular complexity index is 870. The summed E-state index contributed by atoms with van der Waals surface area (Å²) in [6, 6.07) is 16.6. The molecular formula is C28H36N2O. The van der Waals surface area contributed by atoms with Gasteiger partial charge in [-0.05, 0) is 60.2 Å². The van der Waals surface area contributed by atoms with E-state index in [1.807, 2.05) is 36.7 Å². The van der Waals surface area contributed by atoms with Crippen LogP contribution < -0.4 is 4.74 Å². The fraction of sp³-hybridized carbons (Fsp3) is 0.429. The van der Waals surface area contributed by atoms with Crippen LogP contribution in [0.4, 0.5) is 0 Å². The zero-order valence-electron chi connectivity index (χ0n) is 19.1. The monoisotopic (exact) mass is 416 g/mol. The number of ether oxygens (including phenoxy) is 1. The van der Waals surface area contributed by atoms with Gasteiger partial charge in [0.15, 0.2) is 5.82 Å². The van der Waals surface area contributed by atoms with Gasteiger partial charge in [-0.15, -0.1) is 0 Å². The van der Waals surface area contributed by atoms with Gasteiger partial charge in [0.1, 0.15) is 12.4 Å². The molecule has 0 saturated carbocycles. The summed E-state index contributed by atoms with van der Waals surface area (Å²) in [5.74, 6) is 1.63. The number of aromatic nitrogens is 2. The average molecular weight is 417 g/mol. The van der Waals surface area contributed by atoms with Crippen molar-refractivity contribution in [3.8, 4) is 17.1 Å². The van der Waals surface area contributed by atoms with E-state index in [-0.39, 0.29) is 0 Å². The SMILES string of the molecule is CCCCCCCCCc1cnc(-c2ccc(OCc3ccc(CC)cc3)cc2)nc1. The molecule has 3 heteroatoms. The molecule has 0 saturated heterocycles. The summed E-state index contributed by atoms with van der Waals surface area (Å²) < 4.78 is 5.92. The summed E-state index contributed by atoms with van der Waals surface area (Å²) in [5.41, 5.74) is 4.77. The summed E-state index contributed by atoms with van der Waals surface area (Å²) >= 11 is 0. The van der Waals surface area contributed by atoms with Crippen LogP contribution >= 0.6 is 0 Å². The second-order valence-electron chi connectivity index (χ2n) is 8.27. The number of aryl methyl sites for hydroxylation is 2. The molecular weight excluding hydrogens is 380 g/mol. The molecule has 0 bridgehead atoms. The van der Waals surface area contributed by atoms with Crippen molar-refractivity contribution < 1.29 is 4.74 Å². The third-order valence-electron chi connectivity index (χ3n) is 5.72. The molecule has 0 N–H and O–H groups in total. The first-order valence-corrected chi connectivity index (χ1v) is 11.9. The number of hydrogen-bond donors (Lipinski definition) is 0. The lowest BCUT2D eigenvalue weighted by Crippen LogP contribution is -1.96. The van der Waals surface area contributed by atoms with E-state index < -0.39 is 0 Å². The third-order valence-corrected chi connectivity index (χ3v) is 5.72. The Morgan fingerprint density at radius 2 is 1.26 bits per heavy atom. The lowest BCUT2D eigenvalue weighted by atomic mass is 10.1. The summed E-state index contributed by atoms with van der Waals surface area (Å²) in [7, 11) is 0. The highest BCUT2D eigenvalue weighted by molar-refractivity contribution is 5.55. The van der Waals surface area contributed by atoms with Crippen LogP contribution in [0.15, 0.2) is 60.9 Å². The van der Waals surface area contributed by atoms with Gasteiger partial charge in [-0.2, -0.15) is 0 Å². The Morgan fingerprint density at radius 3 is 1.90 bits per heavy atom. The maximum absolute atomic E-state index is 5.92. The molecule has 0 atom stereocenters. The van der Waals surface area contributed by atoms with Gasteiger partial charge in [-0.25, -0.2) is 9.97 Å². The van der Waals surface area contributed by atoms with E-state index in [2.05, 4.69) is 48.1 Å². The molecule has 0 unspecified atom stereocenters. The van der Waals surface area contributed by atoms with E-state index in [1.165, 1.54) is 61.6 Å². The van der Waals surface area contributed by atoms with Gasteiger partial charge in [-0.1, -0.05) is 76.6 Å². The van der Waals surface area contributed by atoms with E-state index in [1.54, 1.807) is 0 Å². The van der Waals surface area contributed by atoms with Crippen LogP contribution in [0.2, 0.25) is 0 Å². The van der Waals surface area contributed by atoms with Crippen LogP contribution in [0.25, 0.3) is 11.4 Å². The number of unbranched alkanes of at least 4 members (excludes halogenated alkanes) is 6. The smallest absolute Gasteiger partial charge is 0.159 e. The standard InChI is InChI=1S/C28H36N2O/c1-3-5-6-7-8-9-10-11-25-20-29-28(30-21-25)26-16-18-27(19-17-26)31-22-24-14-12-23(4-2)13-15-24/h12-21H,3-11,22H2,1-2H3. The first kappa shape index (κ1) is 23.0. The van der Waals surface area contributed by atoms with Crippen LogP contribution in [0.1, 0.15) is 75.5 Å². The second kappa shape index (κ2) is 12.9. The predicted octanol–water partition coefficient (Wildman–Crippen LogP) is 7.58. The molecule has 3 nitrogen and oxygen atoms in total. The molecule has 0 spiro atoms. The minimum Gasteiger partial charge on any atom is -0.489 e. The quantitative estimate of drug-likeness (QED) is 0.269. The number of benzene rings is 2. The van der Waals surface area contributed by atoms with Crippen LogP contribution in [0.5, 0.6) is 5.75 Å². The highest BCUT2D eigenvalue weighted by atomic mass is 16.5.